The molecule has 0 aromatic heterocycles. The Labute approximate surface area is 97.2 Å². The summed E-state index contributed by atoms with van der Waals surface area (Å²) in [5, 5.41) is 3.06. The standard InChI is InChI=1S/C10H16F4N2O/c1-16(7-3-2-5-15-6-4-7)9(17)10(13,14)8(11)12/h7-8,15H,2-6H2,1H3. The molecule has 1 unspecified atom stereocenters. The Balaban J connectivity index is 2.67. The summed E-state index contributed by atoms with van der Waals surface area (Å²) in [6.07, 6.45) is -2.17. The second-order valence-corrected chi connectivity index (χ2v) is 4.17. The number of nitrogens with zero attached hydrogens (tertiary/aromatic N) is 1. The minimum absolute atomic E-state index is 0.401. The van der Waals surface area contributed by atoms with E-state index in [4.69, 9.17) is 0 Å². The van der Waals surface area contributed by atoms with E-state index in [0.717, 1.165) is 24.9 Å². The average Bonchev–Trinajstić information content (AvgIpc) is 2.55. The fraction of sp³-hybridized carbons (Fsp3) is 0.900. The molecular formula is C10H16F4N2O. The summed E-state index contributed by atoms with van der Waals surface area (Å²) in [5.74, 6) is -6.38. The molecule has 0 radical (unpaired) electrons. The molecule has 1 fully saturated rings. The number of hydrogen-bond acceptors (Lipinski definition) is 2. The van der Waals surface area contributed by atoms with Crippen LogP contribution in [-0.2, 0) is 4.79 Å². The normalized spacial score (nSPS) is 22.4. The van der Waals surface area contributed by atoms with Gasteiger partial charge in [-0.3, -0.25) is 4.79 Å². The van der Waals surface area contributed by atoms with Crippen LogP contribution in [0.25, 0.3) is 0 Å². The lowest BCUT2D eigenvalue weighted by atomic mass is 10.1. The van der Waals surface area contributed by atoms with Gasteiger partial charge in [-0.2, -0.15) is 8.78 Å². The van der Waals surface area contributed by atoms with Crippen LogP contribution in [-0.4, -0.2) is 49.3 Å². The van der Waals surface area contributed by atoms with Gasteiger partial charge in [0.25, 0.3) is 5.91 Å². The lowest BCUT2D eigenvalue weighted by molar-refractivity contribution is -0.181. The zero-order valence-corrected chi connectivity index (χ0v) is 9.56. The maximum absolute atomic E-state index is 12.9. The first-order valence-electron chi connectivity index (χ1n) is 5.51. The summed E-state index contributed by atoms with van der Waals surface area (Å²) in [6, 6.07) is -0.401. The Kier molecular flexibility index (Phi) is 4.73. The van der Waals surface area contributed by atoms with Gasteiger partial charge in [0.1, 0.15) is 0 Å². The molecule has 0 aliphatic carbocycles. The first-order chi connectivity index (χ1) is 7.87. The van der Waals surface area contributed by atoms with Gasteiger partial charge in [0.2, 0.25) is 0 Å². The number of alkyl halides is 4. The number of carbonyl (C=O) groups is 1. The van der Waals surface area contributed by atoms with Crippen LogP contribution in [0.4, 0.5) is 17.6 Å². The van der Waals surface area contributed by atoms with Gasteiger partial charge in [-0.05, 0) is 32.4 Å². The van der Waals surface area contributed by atoms with E-state index in [2.05, 4.69) is 5.32 Å². The molecule has 1 rings (SSSR count). The molecule has 1 saturated heterocycles. The summed E-state index contributed by atoms with van der Waals surface area (Å²) in [7, 11) is 1.16. The van der Waals surface area contributed by atoms with Crippen LogP contribution in [0.15, 0.2) is 0 Å². The minimum atomic E-state index is -4.59. The van der Waals surface area contributed by atoms with Crippen molar-refractivity contribution in [3.8, 4) is 0 Å². The van der Waals surface area contributed by atoms with Crippen LogP contribution in [0, 0.1) is 0 Å². The smallest absolute Gasteiger partial charge is 0.337 e. The monoisotopic (exact) mass is 256 g/mol. The van der Waals surface area contributed by atoms with Crippen LogP contribution in [0.3, 0.4) is 0 Å². The van der Waals surface area contributed by atoms with Crippen molar-refractivity contribution in [1.82, 2.24) is 10.2 Å². The molecule has 0 spiro atoms. The molecule has 3 nitrogen and oxygen atoms in total. The van der Waals surface area contributed by atoms with Crippen molar-refractivity contribution in [3.05, 3.63) is 0 Å². The van der Waals surface area contributed by atoms with E-state index in [9.17, 15) is 22.4 Å². The molecule has 1 aliphatic rings. The van der Waals surface area contributed by atoms with Gasteiger partial charge in [0, 0.05) is 13.1 Å². The van der Waals surface area contributed by atoms with Crippen molar-refractivity contribution in [2.24, 2.45) is 0 Å². The highest BCUT2D eigenvalue weighted by Gasteiger charge is 2.51. The first-order valence-corrected chi connectivity index (χ1v) is 5.51. The van der Waals surface area contributed by atoms with Crippen molar-refractivity contribution in [1.29, 1.82) is 0 Å². The second-order valence-electron chi connectivity index (χ2n) is 4.17. The van der Waals surface area contributed by atoms with E-state index in [1.165, 1.54) is 0 Å². The molecule has 1 atom stereocenters. The van der Waals surface area contributed by atoms with Gasteiger partial charge in [-0.1, -0.05) is 0 Å². The Morgan fingerprint density at radius 3 is 2.59 bits per heavy atom. The summed E-state index contributed by atoms with van der Waals surface area (Å²) in [4.78, 5) is 12.1. The summed E-state index contributed by atoms with van der Waals surface area (Å²) < 4.78 is 49.9. The van der Waals surface area contributed by atoms with Crippen LogP contribution in [0.2, 0.25) is 0 Å². The van der Waals surface area contributed by atoms with E-state index in [0.29, 0.717) is 19.4 Å². The molecule has 7 heteroatoms. The lowest BCUT2D eigenvalue weighted by Gasteiger charge is -2.29. The van der Waals surface area contributed by atoms with Crippen molar-refractivity contribution >= 4 is 5.91 Å². The Hall–Kier alpha value is -0.850. The van der Waals surface area contributed by atoms with E-state index in [1.807, 2.05) is 0 Å². The zero-order valence-electron chi connectivity index (χ0n) is 9.56. The largest absolute Gasteiger partial charge is 0.383 e. The van der Waals surface area contributed by atoms with E-state index in [1.54, 1.807) is 0 Å². The molecule has 1 amide bonds. The quantitative estimate of drug-likeness (QED) is 0.776. The molecule has 0 aromatic rings. The second kappa shape index (κ2) is 5.66. The van der Waals surface area contributed by atoms with Crippen LogP contribution >= 0.6 is 0 Å². The number of halogens is 4. The number of hydrogen-bond donors (Lipinski definition) is 1. The molecule has 1 heterocycles. The van der Waals surface area contributed by atoms with E-state index < -0.39 is 24.3 Å². The van der Waals surface area contributed by atoms with Gasteiger partial charge in [-0.25, -0.2) is 8.78 Å². The number of amides is 1. The average molecular weight is 256 g/mol. The van der Waals surface area contributed by atoms with Crippen molar-refractivity contribution in [2.45, 2.75) is 37.7 Å². The minimum Gasteiger partial charge on any atom is -0.337 e. The third-order valence-electron chi connectivity index (χ3n) is 2.97. The fourth-order valence-corrected chi connectivity index (χ4v) is 1.88. The van der Waals surface area contributed by atoms with Crippen molar-refractivity contribution < 1.29 is 22.4 Å². The maximum Gasteiger partial charge on any atom is 0.383 e. The number of rotatable bonds is 3. The molecule has 0 bridgehead atoms. The van der Waals surface area contributed by atoms with Crippen LogP contribution < -0.4 is 5.32 Å². The third-order valence-corrected chi connectivity index (χ3v) is 2.97. The lowest BCUT2D eigenvalue weighted by Crippen LogP contribution is -2.50. The van der Waals surface area contributed by atoms with Gasteiger partial charge in [0.15, 0.2) is 0 Å². The van der Waals surface area contributed by atoms with Gasteiger partial charge in [-0.15, -0.1) is 0 Å². The van der Waals surface area contributed by atoms with Crippen molar-refractivity contribution in [2.75, 3.05) is 20.1 Å². The SMILES string of the molecule is CN(C(=O)C(F)(F)C(F)F)C1CCCNCC1. The molecule has 0 aromatic carbocycles. The Morgan fingerprint density at radius 2 is 2.00 bits per heavy atom. The number of carbonyl (C=O) groups excluding carboxylic acids is 1. The summed E-state index contributed by atoms with van der Waals surface area (Å²) in [6.45, 7) is 1.35. The third kappa shape index (κ3) is 3.31. The molecule has 1 N–H and O–H groups in total. The van der Waals surface area contributed by atoms with Crippen LogP contribution in [0.5, 0.6) is 0 Å². The first kappa shape index (κ1) is 14.2. The highest BCUT2D eigenvalue weighted by atomic mass is 19.3. The zero-order chi connectivity index (χ0) is 13.1. The number of nitrogens with one attached hydrogen (secondary N) is 1. The summed E-state index contributed by atoms with van der Waals surface area (Å²) >= 11 is 0. The molecule has 1 aliphatic heterocycles. The fourth-order valence-electron chi connectivity index (χ4n) is 1.88. The molecule has 17 heavy (non-hydrogen) atoms. The Morgan fingerprint density at radius 1 is 1.35 bits per heavy atom. The van der Waals surface area contributed by atoms with E-state index in [-0.39, 0.29) is 0 Å². The topological polar surface area (TPSA) is 32.3 Å². The van der Waals surface area contributed by atoms with Crippen LogP contribution in [0.1, 0.15) is 19.3 Å². The maximum atomic E-state index is 12.9. The predicted molar refractivity (Wildman–Crippen MR) is 54.2 cm³/mol. The molecule has 100 valence electrons. The molecule has 0 saturated carbocycles. The highest BCUT2D eigenvalue weighted by molar-refractivity contribution is 5.84. The highest BCUT2D eigenvalue weighted by Crippen LogP contribution is 2.27. The Bertz CT molecular complexity index is 265. The van der Waals surface area contributed by atoms with Crippen molar-refractivity contribution in [3.63, 3.8) is 0 Å². The molecular weight excluding hydrogens is 240 g/mol. The van der Waals surface area contributed by atoms with Gasteiger partial charge < -0.3 is 10.2 Å². The van der Waals surface area contributed by atoms with Gasteiger partial charge in [0.05, 0.1) is 0 Å². The predicted octanol–water partition coefficient (Wildman–Crippen LogP) is 1.49. The summed E-state index contributed by atoms with van der Waals surface area (Å²) in [5.41, 5.74) is 0. The van der Waals surface area contributed by atoms with E-state index >= 15 is 0 Å². The van der Waals surface area contributed by atoms with Gasteiger partial charge >= 0.3 is 12.3 Å².